The number of esters is 1. The third kappa shape index (κ3) is 27.6. The van der Waals surface area contributed by atoms with E-state index in [4.69, 9.17) is 66.3 Å². The van der Waals surface area contributed by atoms with Gasteiger partial charge in [-0.1, -0.05) is 71.1 Å². The minimum atomic E-state index is -2.44. The van der Waals surface area contributed by atoms with Crippen molar-refractivity contribution in [1.82, 2.24) is 10.2 Å². The van der Waals surface area contributed by atoms with Crippen LogP contribution in [0.15, 0.2) is 47.6 Å². The quantitative estimate of drug-likeness (QED) is 0.0272. The van der Waals surface area contributed by atoms with Gasteiger partial charge < -0.3 is 86.7 Å². The van der Waals surface area contributed by atoms with Crippen molar-refractivity contribution in [3.8, 4) is 0 Å². The SMILES string of the molecule is CCOCCOCCOCCOCCOCCOCCOCCNC(=O)O[C@@H]1CC[C@@H](C[C@@H](C)[C@@H]2C[C@@H](OC)C(C)/C=C(\C)[C@@H](O)[C@@H](OC)C(=O)C(C)C[C@H](C)/C=C/C=C/C=C(\C)[C@@H](OC)C[C@@H]3CC[C@@H](C)[C@@](O)(O3)C(=O)C(=O)N3CCCCC3C(=O)O2)C[C@H]1OC. The first-order valence-corrected chi connectivity index (χ1v) is 33.7. The number of cyclic esters (lactones) is 1. The molecule has 23 nitrogen and oxygen atoms in total. The number of hydrogen-bond donors (Lipinski definition) is 3. The van der Waals surface area contributed by atoms with Gasteiger partial charge in [0.15, 0.2) is 5.78 Å². The number of allylic oxidation sites excluding steroid dienone is 5. The highest BCUT2D eigenvalue weighted by molar-refractivity contribution is 6.39. The van der Waals surface area contributed by atoms with Crippen LogP contribution in [0.25, 0.3) is 0 Å². The molecule has 0 radical (unpaired) electrons. The number of nitrogens with one attached hydrogen (secondary N) is 1. The lowest BCUT2D eigenvalue weighted by Gasteiger charge is -2.43. The molecule has 0 aromatic heterocycles. The number of nitrogens with zero attached hydrogens (tertiary/aromatic N) is 1. The predicted molar refractivity (Wildman–Crippen MR) is 345 cm³/mol. The number of rotatable bonds is 30. The number of alkyl carbamates (subject to hydrolysis) is 1. The molecular weight excluding hydrogens is 1190 g/mol. The number of Topliss-reactive ketones (excluding diaryl/α,β-unsaturated/α-hetero) is 2. The average Bonchev–Trinajstić information content (AvgIpc) is 0.793. The van der Waals surface area contributed by atoms with Crippen LogP contribution in [0, 0.1) is 35.5 Å². The molecule has 3 aliphatic heterocycles. The van der Waals surface area contributed by atoms with Crippen molar-refractivity contribution in [1.29, 1.82) is 0 Å². The van der Waals surface area contributed by atoms with E-state index in [2.05, 4.69) is 5.32 Å². The number of ketones is 2. The first-order valence-electron chi connectivity index (χ1n) is 33.7. The summed E-state index contributed by atoms with van der Waals surface area (Å²) in [7, 11) is 6.16. The van der Waals surface area contributed by atoms with Gasteiger partial charge in [-0.05, 0) is 114 Å². The van der Waals surface area contributed by atoms with Crippen molar-refractivity contribution in [3.05, 3.63) is 47.6 Å². The van der Waals surface area contributed by atoms with E-state index in [-0.39, 0.29) is 62.0 Å². The third-order valence-electron chi connectivity index (χ3n) is 18.1. The molecule has 2 saturated heterocycles. The lowest BCUT2D eigenvalue weighted by Crippen LogP contribution is -2.61. The van der Waals surface area contributed by atoms with E-state index in [1.54, 1.807) is 35.2 Å². The molecule has 528 valence electrons. The standard InChI is InChI=1S/C69H116N2O21/c1-13-83-29-30-85-33-34-87-37-38-89-40-39-88-36-35-86-32-31-84-28-26-70-68(77)91-57-25-23-54(44-61(57)81-11)43-50(5)60-46-59(80-10)49(4)42-52(7)63(73)64(82-12)62(72)51(6)41-47(2)19-15-14-16-20-48(3)58(79-9)45-55-24-22-53(8)69(78,92-55)65(74)66(75)71-27-18-17-21-56(71)67(76)90-60/h14-16,19-20,42,47,49-51,53-61,63-64,73,78H,13,17-18,21-41,43-46H2,1-12H3,(H,70,77)/b16-14+,19-15+,48-20+,52-42+/t47-,49?,50-,51?,53-,54+,55+,56?,57-,58+,59-,60+,61-,63-,64+,69-/m1/s1. The van der Waals surface area contributed by atoms with Gasteiger partial charge in [-0.2, -0.15) is 0 Å². The summed E-state index contributed by atoms with van der Waals surface area (Å²) >= 11 is 0. The molecule has 0 spiro atoms. The number of piperidine rings is 1. The topological polar surface area (TPSA) is 270 Å². The summed E-state index contributed by atoms with van der Waals surface area (Å²) in [5.41, 5.74) is 1.39. The van der Waals surface area contributed by atoms with E-state index < -0.39 is 96.2 Å². The molecule has 2 amide bonds. The second-order valence-electron chi connectivity index (χ2n) is 25.2. The zero-order chi connectivity index (χ0) is 67.4. The summed E-state index contributed by atoms with van der Waals surface area (Å²) in [5.74, 6) is -7.21. The zero-order valence-corrected chi connectivity index (χ0v) is 57.5. The molecule has 3 N–H and O–H groups in total. The highest BCUT2D eigenvalue weighted by Gasteiger charge is 2.53. The number of methoxy groups -OCH3 is 4. The second kappa shape index (κ2) is 44.6. The van der Waals surface area contributed by atoms with E-state index in [0.717, 1.165) is 5.57 Å². The van der Waals surface area contributed by atoms with Gasteiger partial charge in [-0.3, -0.25) is 14.4 Å². The van der Waals surface area contributed by atoms with E-state index in [0.29, 0.717) is 156 Å². The second-order valence-corrected chi connectivity index (χ2v) is 25.2. The molecule has 16 atom stereocenters. The van der Waals surface area contributed by atoms with Crippen LogP contribution in [-0.2, 0) is 85.5 Å². The van der Waals surface area contributed by atoms with Crippen LogP contribution < -0.4 is 5.32 Å². The molecule has 2 bridgehead atoms. The van der Waals surface area contributed by atoms with Gasteiger partial charge in [0.2, 0.25) is 5.79 Å². The third-order valence-corrected chi connectivity index (χ3v) is 18.1. The van der Waals surface area contributed by atoms with E-state index >= 15 is 0 Å². The van der Waals surface area contributed by atoms with Gasteiger partial charge in [0.05, 0.1) is 110 Å². The van der Waals surface area contributed by atoms with Gasteiger partial charge >= 0.3 is 12.1 Å². The Hall–Kier alpha value is -4.05. The van der Waals surface area contributed by atoms with Gasteiger partial charge in [0.1, 0.15) is 30.5 Å². The van der Waals surface area contributed by atoms with Crippen molar-refractivity contribution >= 4 is 29.5 Å². The highest BCUT2D eigenvalue weighted by Crippen LogP contribution is 2.38. The van der Waals surface area contributed by atoms with Gasteiger partial charge in [0, 0.05) is 78.7 Å². The fourth-order valence-electron chi connectivity index (χ4n) is 12.5. The predicted octanol–water partition coefficient (Wildman–Crippen LogP) is 7.50. The Balaban J connectivity index is 1.40. The summed E-state index contributed by atoms with van der Waals surface area (Å²) in [6.07, 6.45) is 10.8. The Labute approximate surface area is 548 Å². The maximum absolute atomic E-state index is 14.8. The molecule has 3 unspecified atom stereocenters. The fraction of sp³-hybridized carbons (Fsp3) is 0.812. The fourth-order valence-corrected chi connectivity index (χ4v) is 12.5. The number of fused-ring (bicyclic) bond motifs is 3. The number of amides is 2. The Bertz CT molecular complexity index is 2270. The summed E-state index contributed by atoms with van der Waals surface area (Å²) in [6, 6.07) is -1.13. The number of carbonyl (C=O) groups is 5. The first kappa shape index (κ1) is 80.4. The number of aliphatic hydroxyl groups is 2. The van der Waals surface area contributed by atoms with Crippen LogP contribution in [0.1, 0.15) is 132 Å². The normalized spacial score (nSPS) is 32.7. The number of carbonyl (C=O) groups excluding carboxylic acids is 5. The van der Waals surface area contributed by atoms with Crippen molar-refractivity contribution in [3.63, 3.8) is 0 Å². The highest BCUT2D eigenvalue weighted by atomic mass is 16.6. The van der Waals surface area contributed by atoms with Crippen LogP contribution in [-0.4, -0.2) is 239 Å². The van der Waals surface area contributed by atoms with Crippen molar-refractivity contribution in [2.45, 2.75) is 193 Å². The molecular formula is C69H116N2O21. The first-order chi connectivity index (χ1) is 44.2. The Morgan fingerprint density at radius 1 is 0.685 bits per heavy atom. The van der Waals surface area contributed by atoms with Crippen LogP contribution in [0.3, 0.4) is 0 Å². The van der Waals surface area contributed by atoms with Gasteiger partial charge in [-0.25, -0.2) is 9.59 Å². The number of hydrogen-bond acceptors (Lipinski definition) is 21. The van der Waals surface area contributed by atoms with Crippen molar-refractivity contribution in [2.24, 2.45) is 35.5 Å². The maximum atomic E-state index is 14.8. The van der Waals surface area contributed by atoms with E-state index in [1.807, 2.05) is 78.0 Å². The van der Waals surface area contributed by atoms with Gasteiger partial charge in [0.25, 0.3) is 11.7 Å². The van der Waals surface area contributed by atoms with E-state index in [1.165, 1.54) is 12.0 Å². The molecule has 1 aliphatic carbocycles. The lowest BCUT2D eigenvalue weighted by molar-refractivity contribution is -0.265. The summed E-state index contributed by atoms with van der Waals surface area (Å²) < 4.78 is 80.8. The molecule has 0 aromatic carbocycles. The smallest absolute Gasteiger partial charge is 0.407 e. The van der Waals surface area contributed by atoms with Crippen LogP contribution in [0.5, 0.6) is 0 Å². The number of ether oxygens (including phenoxy) is 14. The van der Waals surface area contributed by atoms with Crippen LogP contribution >= 0.6 is 0 Å². The largest absolute Gasteiger partial charge is 0.460 e. The Morgan fingerprint density at radius 2 is 1.29 bits per heavy atom. The van der Waals surface area contributed by atoms with E-state index in [9.17, 15) is 34.2 Å². The van der Waals surface area contributed by atoms with Crippen molar-refractivity contribution < 1.29 is 101 Å². The average molecular weight is 1310 g/mol. The molecule has 0 aromatic rings. The molecule has 3 fully saturated rings. The molecule has 4 aliphatic rings. The summed E-state index contributed by atoms with van der Waals surface area (Å²) in [4.78, 5) is 72.1. The monoisotopic (exact) mass is 1310 g/mol. The lowest BCUT2D eigenvalue weighted by atomic mass is 9.78. The van der Waals surface area contributed by atoms with Crippen molar-refractivity contribution in [2.75, 3.05) is 134 Å². The summed E-state index contributed by atoms with van der Waals surface area (Å²) in [5, 5.41) is 26.6. The minimum absolute atomic E-state index is 0.0190. The van der Waals surface area contributed by atoms with Crippen LogP contribution in [0.4, 0.5) is 4.79 Å². The maximum Gasteiger partial charge on any atom is 0.407 e. The zero-order valence-electron chi connectivity index (χ0n) is 57.5. The summed E-state index contributed by atoms with van der Waals surface area (Å²) in [6.45, 7) is 21.9. The Kier molecular flexibility index (Phi) is 39.0. The Morgan fingerprint density at radius 3 is 1.88 bits per heavy atom. The van der Waals surface area contributed by atoms with Gasteiger partial charge in [-0.15, -0.1) is 0 Å². The molecule has 4 rings (SSSR count). The molecule has 1 saturated carbocycles. The molecule has 23 heteroatoms. The van der Waals surface area contributed by atoms with Crippen LogP contribution in [0.2, 0.25) is 0 Å². The number of aliphatic hydroxyl groups excluding tert-OH is 1. The molecule has 3 heterocycles. The minimum Gasteiger partial charge on any atom is -0.460 e. The molecule has 92 heavy (non-hydrogen) atoms.